The van der Waals surface area contributed by atoms with E-state index < -0.39 is 0 Å². The highest BCUT2D eigenvalue weighted by atomic mass is 35.5. The third kappa shape index (κ3) is 2.33. The maximum Gasteiger partial charge on any atom is 0.255 e. The number of anilines is 1. The number of nitrogens with one attached hydrogen (secondary N) is 2. The van der Waals surface area contributed by atoms with Crippen LogP contribution in [0.25, 0.3) is 11.0 Å². The van der Waals surface area contributed by atoms with Crippen LogP contribution in [0.2, 0.25) is 10.0 Å². The lowest BCUT2D eigenvalue weighted by molar-refractivity contribution is 0.102. The zero-order valence-electron chi connectivity index (χ0n) is 10.0. The molecule has 0 saturated heterocycles. The number of halogens is 2. The molecule has 0 aliphatic carbocycles. The second kappa shape index (κ2) is 5.11. The number of rotatable bonds is 2. The number of carbonyl (C=O) groups is 1. The fourth-order valence-corrected chi connectivity index (χ4v) is 2.12. The van der Waals surface area contributed by atoms with Gasteiger partial charge >= 0.3 is 0 Å². The average molecular weight is 307 g/mol. The van der Waals surface area contributed by atoms with Crippen molar-refractivity contribution in [1.82, 2.24) is 15.4 Å². The number of hydrogen-bond acceptors (Lipinski definition) is 3. The van der Waals surface area contributed by atoms with Crippen LogP contribution in [0.1, 0.15) is 10.4 Å². The van der Waals surface area contributed by atoms with Crippen LogP contribution in [-0.4, -0.2) is 21.3 Å². The van der Waals surface area contributed by atoms with Crippen LogP contribution in [0, 0.1) is 0 Å². The maximum absolute atomic E-state index is 12.2. The van der Waals surface area contributed by atoms with Crippen molar-refractivity contribution < 1.29 is 4.79 Å². The maximum atomic E-state index is 12.2. The standard InChI is InChI=1S/C13H8Cl2N4O/c14-8-2-1-3-10(12(8)15)16-13(20)7-4-5-9-11(6-7)18-19-17-9/h1-6H,(H,16,20)(H,17,18,19). The molecule has 0 radical (unpaired) electrons. The Balaban J connectivity index is 1.90. The van der Waals surface area contributed by atoms with E-state index in [2.05, 4.69) is 20.7 Å². The van der Waals surface area contributed by atoms with Crippen LogP contribution >= 0.6 is 23.2 Å². The van der Waals surface area contributed by atoms with Crippen LogP contribution in [0.3, 0.4) is 0 Å². The largest absolute Gasteiger partial charge is 0.321 e. The molecule has 3 rings (SSSR count). The minimum atomic E-state index is -0.293. The summed E-state index contributed by atoms with van der Waals surface area (Å²) in [6, 6.07) is 10.1. The normalized spacial score (nSPS) is 10.7. The fourth-order valence-electron chi connectivity index (χ4n) is 1.78. The number of H-pyrrole nitrogens is 1. The Morgan fingerprint density at radius 2 is 1.90 bits per heavy atom. The molecule has 1 heterocycles. The first-order valence-corrected chi connectivity index (χ1v) is 6.46. The van der Waals surface area contributed by atoms with Gasteiger partial charge in [-0.25, -0.2) is 0 Å². The van der Waals surface area contributed by atoms with Gasteiger partial charge in [-0.2, -0.15) is 15.4 Å². The predicted molar refractivity (Wildman–Crippen MR) is 78.3 cm³/mol. The molecule has 0 aliphatic heterocycles. The van der Waals surface area contributed by atoms with Crippen molar-refractivity contribution in [3.63, 3.8) is 0 Å². The van der Waals surface area contributed by atoms with Gasteiger partial charge in [0.2, 0.25) is 0 Å². The lowest BCUT2D eigenvalue weighted by Crippen LogP contribution is -2.12. The number of amides is 1. The van der Waals surface area contributed by atoms with Gasteiger partial charge in [-0.05, 0) is 30.3 Å². The summed E-state index contributed by atoms with van der Waals surface area (Å²) >= 11 is 11.9. The molecule has 7 heteroatoms. The zero-order chi connectivity index (χ0) is 14.1. The summed E-state index contributed by atoms with van der Waals surface area (Å²) in [5.74, 6) is -0.293. The number of hydrogen-bond donors (Lipinski definition) is 2. The van der Waals surface area contributed by atoms with E-state index in [0.29, 0.717) is 32.3 Å². The molecule has 0 unspecified atom stereocenters. The number of nitrogens with zero attached hydrogens (tertiary/aromatic N) is 2. The Labute approximate surface area is 123 Å². The Hall–Kier alpha value is -2.11. The van der Waals surface area contributed by atoms with Crippen molar-refractivity contribution in [3.8, 4) is 0 Å². The van der Waals surface area contributed by atoms with Crippen molar-refractivity contribution in [2.24, 2.45) is 0 Å². The Bertz CT molecular complexity index is 800. The summed E-state index contributed by atoms with van der Waals surface area (Å²) in [7, 11) is 0. The summed E-state index contributed by atoms with van der Waals surface area (Å²) < 4.78 is 0. The molecule has 0 bridgehead atoms. The van der Waals surface area contributed by atoms with Gasteiger partial charge in [0.05, 0.1) is 15.7 Å². The van der Waals surface area contributed by atoms with Gasteiger partial charge in [0.15, 0.2) is 0 Å². The number of benzene rings is 2. The molecule has 100 valence electrons. The first-order valence-electron chi connectivity index (χ1n) is 5.71. The minimum Gasteiger partial charge on any atom is -0.321 e. The molecule has 2 N–H and O–H groups in total. The Morgan fingerprint density at radius 3 is 2.75 bits per heavy atom. The zero-order valence-corrected chi connectivity index (χ0v) is 11.5. The van der Waals surface area contributed by atoms with Crippen molar-refractivity contribution in [3.05, 3.63) is 52.0 Å². The van der Waals surface area contributed by atoms with Crippen LogP contribution in [0.5, 0.6) is 0 Å². The molecule has 1 amide bonds. The molecular weight excluding hydrogens is 299 g/mol. The van der Waals surface area contributed by atoms with Gasteiger partial charge in [0.1, 0.15) is 11.0 Å². The number of aromatic nitrogens is 3. The van der Waals surface area contributed by atoms with Gasteiger partial charge in [0.25, 0.3) is 5.91 Å². The molecular formula is C13H8Cl2N4O. The first kappa shape index (κ1) is 12.9. The fraction of sp³-hybridized carbons (Fsp3) is 0. The molecule has 3 aromatic rings. The van der Waals surface area contributed by atoms with Crippen molar-refractivity contribution >= 4 is 45.8 Å². The van der Waals surface area contributed by atoms with Gasteiger partial charge in [0, 0.05) is 5.56 Å². The number of aromatic amines is 1. The predicted octanol–water partition coefficient (Wildman–Crippen LogP) is 3.52. The highest BCUT2D eigenvalue weighted by Gasteiger charge is 2.11. The lowest BCUT2D eigenvalue weighted by atomic mass is 10.2. The second-order valence-electron chi connectivity index (χ2n) is 4.08. The van der Waals surface area contributed by atoms with Crippen LogP contribution < -0.4 is 5.32 Å². The third-order valence-electron chi connectivity index (χ3n) is 2.78. The van der Waals surface area contributed by atoms with E-state index in [-0.39, 0.29) is 5.91 Å². The van der Waals surface area contributed by atoms with Gasteiger partial charge in [-0.15, -0.1) is 0 Å². The molecule has 0 saturated carbocycles. The number of carbonyl (C=O) groups excluding carboxylic acids is 1. The molecule has 0 fully saturated rings. The molecule has 0 spiro atoms. The van der Waals surface area contributed by atoms with E-state index >= 15 is 0 Å². The van der Waals surface area contributed by atoms with Crippen LogP contribution in [0.15, 0.2) is 36.4 Å². The summed E-state index contributed by atoms with van der Waals surface area (Å²) in [5, 5.41) is 13.8. The van der Waals surface area contributed by atoms with Crippen molar-refractivity contribution in [2.45, 2.75) is 0 Å². The molecule has 1 aromatic heterocycles. The molecule has 0 aliphatic rings. The van der Waals surface area contributed by atoms with Crippen molar-refractivity contribution in [1.29, 1.82) is 0 Å². The molecule has 2 aromatic carbocycles. The van der Waals surface area contributed by atoms with Crippen molar-refractivity contribution in [2.75, 3.05) is 5.32 Å². The van der Waals surface area contributed by atoms with E-state index in [1.165, 1.54) is 0 Å². The highest BCUT2D eigenvalue weighted by Crippen LogP contribution is 2.29. The topological polar surface area (TPSA) is 70.7 Å². The quantitative estimate of drug-likeness (QED) is 0.761. The average Bonchev–Trinajstić information content (AvgIpc) is 2.91. The SMILES string of the molecule is O=C(Nc1cccc(Cl)c1Cl)c1ccc2n[nH]nc2c1. The number of fused-ring (bicyclic) bond motifs is 1. The summed E-state index contributed by atoms with van der Waals surface area (Å²) in [4.78, 5) is 12.2. The summed E-state index contributed by atoms with van der Waals surface area (Å²) in [6.07, 6.45) is 0. The Kier molecular flexibility index (Phi) is 3.30. The third-order valence-corrected chi connectivity index (χ3v) is 3.60. The minimum absolute atomic E-state index is 0.293. The van der Waals surface area contributed by atoms with E-state index in [9.17, 15) is 4.79 Å². The molecule has 5 nitrogen and oxygen atoms in total. The monoisotopic (exact) mass is 306 g/mol. The molecule has 20 heavy (non-hydrogen) atoms. The highest BCUT2D eigenvalue weighted by molar-refractivity contribution is 6.44. The first-order chi connectivity index (χ1) is 9.65. The lowest BCUT2D eigenvalue weighted by Gasteiger charge is -2.08. The van der Waals surface area contributed by atoms with E-state index in [0.717, 1.165) is 0 Å². The van der Waals surface area contributed by atoms with E-state index in [1.807, 2.05) is 0 Å². The van der Waals surface area contributed by atoms with Gasteiger partial charge < -0.3 is 5.32 Å². The Morgan fingerprint density at radius 1 is 1.10 bits per heavy atom. The molecule has 0 atom stereocenters. The van der Waals surface area contributed by atoms with Crippen LogP contribution in [0.4, 0.5) is 5.69 Å². The summed E-state index contributed by atoms with van der Waals surface area (Å²) in [6.45, 7) is 0. The summed E-state index contributed by atoms with van der Waals surface area (Å²) in [5.41, 5.74) is 2.24. The van der Waals surface area contributed by atoms with E-state index in [1.54, 1.807) is 36.4 Å². The van der Waals surface area contributed by atoms with Gasteiger partial charge in [-0.1, -0.05) is 29.3 Å². The van der Waals surface area contributed by atoms with E-state index in [4.69, 9.17) is 23.2 Å². The van der Waals surface area contributed by atoms with Gasteiger partial charge in [-0.3, -0.25) is 4.79 Å². The smallest absolute Gasteiger partial charge is 0.255 e. The van der Waals surface area contributed by atoms with Crippen LogP contribution in [-0.2, 0) is 0 Å². The second-order valence-corrected chi connectivity index (χ2v) is 4.87.